The third-order valence-corrected chi connectivity index (χ3v) is 3.68. The lowest BCUT2D eigenvalue weighted by atomic mass is 10.2. The summed E-state index contributed by atoms with van der Waals surface area (Å²) < 4.78 is 39.2. The smallest absolute Gasteiger partial charge is 0.363 e. The highest BCUT2D eigenvalue weighted by atomic mass is 19.4. The predicted octanol–water partition coefficient (Wildman–Crippen LogP) is 1.62. The van der Waals surface area contributed by atoms with Gasteiger partial charge in [-0.3, -0.25) is 4.79 Å². The molecule has 1 aliphatic rings. The van der Waals surface area contributed by atoms with Crippen LogP contribution in [0.2, 0.25) is 0 Å². The zero-order chi connectivity index (χ0) is 17.4. The molecule has 1 fully saturated rings. The predicted molar refractivity (Wildman–Crippen MR) is 80.4 cm³/mol. The van der Waals surface area contributed by atoms with Crippen molar-refractivity contribution in [3.63, 3.8) is 0 Å². The average molecular weight is 331 g/mol. The van der Waals surface area contributed by atoms with Crippen molar-refractivity contribution in [2.24, 2.45) is 0 Å². The van der Waals surface area contributed by atoms with E-state index in [9.17, 15) is 18.0 Å². The Morgan fingerprint density at radius 3 is 2.43 bits per heavy atom. The maximum atomic E-state index is 13.1. The van der Waals surface area contributed by atoms with Crippen LogP contribution in [0.5, 0.6) is 0 Å². The standard InChI is InChI=1S/C14H20F3N5O/c1-20(2)11-8-10(14(15,16)17)18-13(19-11)22-7-5-6-9(22)12(23)21(3)4/h8-9H,5-7H2,1-4H3/t9-/m0/s1. The van der Waals surface area contributed by atoms with E-state index in [0.29, 0.717) is 19.4 Å². The van der Waals surface area contributed by atoms with Crippen molar-refractivity contribution in [2.75, 3.05) is 44.5 Å². The lowest BCUT2D eigenvalue weighted by molar-refractivity contribution is -0.141. The number of likely N-dealkylation sites (N-methyl/N-ethyl adjacent to an activating group) is 1. The van der Waals surface area contributed by atoms with E-state index in [1.54, 1.807) is 33.1 Å². The molecule has 0 aromatic carbocycles. The van der Waals surface area contributed by atoms with Gasteiger partial charge in [-0.2, -0.15) is 18.2 Å². The molecule has 1 aromatic heterocycles. The molecule has 1 amide bonds. The summed E-state index contributed by atoms with van der Waals surface area (Å²) in [6.45, 7) is 0.457. The van der Waals surface area contributed by atoms with Crippen LogP contribution in [0.1, 0.15) is 18.5 Å². The van der Waals surface area contributed by atoms with E-state index >= 15 is 0 Å². The van der Waals surface area contributed by atoms with Crippen molar-refractivity contribution in [3.05, 3.63) is 11.8 Å². The third-order valence-electron chi connectivity index (χ3n) is 3.68. The lowest BCUT2D eigenvalue weighted by Gasteiger charge is -2.27. The highest BCUT2D eigenvalue weighted by Crippen LogP contribution is 2.32. The summed E-state index contributed by atoms with van der Waals surface area (Å²) in [6.07, 6.45) is -3.28. The molecule has 0 unspecified atom stereocenters. The van der Waals surface area contributed by atoms with Crippen molar-refractivity contribution < 1.29 is 18.0 Å². The first-order chi connectivity index (χ1) is 10.6. The van der Waals surface area contributed by atoms with Crippen LogP contribution in [0, 0.1) is 0 Å². The molecule has 0 bridgehead atoms. The number of rotatable bonds is 3. The second-order valence-electron chi connectivity index (χ2n) is 5.89. The molecule has 1 saturated heterocycles. The van der Waals surface area contributed by atoms with Crippen molar-refractivity contribution in [1.29, 1.82) is 0 Å². The summed E-state index contributed by atoms with van der Waals surface area (Å²) in [7, 11) is 6.46. The summed E-state index contributed by atoms with van der Waals surface area (Å²) in [5.41, 5.74) is -1.01. The molecule has 2 rings (SSSR count). The Bertz CT molecular complexity index is 588. The number of anilines is 2. The van der Waals surface area contributed by atoms with Gasteiger partial charge in [0.25, 0.3) is 0 Å². The summed E-state index contributed by atoms with van der Waals surface area (Å²) in [6, 6.07) is 0.381. The van der Waals surface area contributed by atoms with Gasteiger partial charge >= 0.3 is 6.18 Å². The van der Waals surface area contributed by atoms with Gasteiger partial charge < -0.3 is 14.7 Å². The highest BCUT2D eigenvalue weighted by molar-refractivity contribution is 5.85. The number of nitrogens with zero attached hydrogens (tertiary/aromatic N) is 5. The van der Waals surface area contributed by atoms with Gasteiger partial charge in [-0.15, -0.1) is 0 Å². The third kappa shape index (κ3) is 3.65. The normalized spacial score (nSPS) is 18.2. The van der Waals surface area contributed by atoms with Crippen molar-refractivity contribution in [3.8, 4) is 0 Å². The highest BCUT2D eigenvalue weighted by Gasteiger charge is 2.37. The summed E-state index contributed by atoms with van der Waals surface area (Å²) in [5, 5.41) is 0. The van der Waals surface area contributed by atoms with Crippen LogP contribution in [0.3, 0.4) is 0 Å². The molecule has 9 heteroatoms. The number of halogens is 3. The number of carbonyl (C=O) groups is 1. The SMILES string of the molecule is CN(C)C(=O)[C@@H]1CCCN1c1nc(N(C)C)cc(C(F)(F)F)n1. The fourth-order valence-corrected chi connectivity index (χ4v) is 2.49. The molecule has 0 saturated carbocycles. The van der Waals surface area contributed by atoms with E-state index in [4.69, 9.17) is 0 Å². The molecule has 0 radical (unpaired) electrons. The average Bonchev–Trinajstić information content (AvgIpc) is 2.94. The van der Waals surface area contributed by atoms with Gasteiger partial charge in [0.1, 0.15) is 11.9 Å². The van der Waals surface area contributed by atoms with Crippen LogP contribution in [0.25, 0.3) is 0 Å². The molecule has 6 nitrogen and oxygen atoms in total. The molecule has 1 aromatic rings. The van der Waals surface area contributed by atoms with Gasteiger partial charge in [0.2, 0.25) is 11.9 Å². The molecule has 1 aliphatic heterocycles. The minimum Gasteiger partial charge on any atom is -0.363 e. The van der Waals surface area contributed by atoms with E-state index in [2.05, 4.69) is 9.97 Å². The van der Waals surface area contributed by atoms with E-state index in [-0.39, 0.29) is 17.7 Å². The summed E-state index contributed by atoms with van der Waals surface area (Å²) in [5.74, 6) is -0.0542. The fourth-order valence-electron chi connectivity index (χ4n) is 2.49. The molecule has 0 N–H and O–H groups in total. The molecule has 0 spiro atoms. The molecular formula is C14H20F3N5O. The molecule has 1 atom stereocenters. The van der Waals surface area contributed by atoms with Crippen molar-refractivity contribution >= 4 is 17.7 Å². The van der Waals surface area contributed by atoms with E-state index in [1.165, 1.54) is 9.80 Å². The van der Waals surface area contributed by atoms with E-state index in [1.807, 2.05) is 0 Å². The molecule has 0 aliphatic carbocycles. The van der Waals surface area contributed by atoms with Gasteiger partial charge in [-0.1, -0.05) is 0 Å². The number of aromatic nitrogens is 2. The lowest BCUT2D eigenvalue weighted by Crippen LogP contribution is -2.43. The Morgan fingerprint density at radius 2 is 1.91 bits per heavy atom. The second kappa shape index (κ2) is 6.21. The van der Waals surface area contributed by atoms with Gasteiger partial charge in [-0.05, 0) is 12.8 Å². The first kappa shape index (κ1) is 17.3. The van der Waals surface area contributed by atoms with Gasteiger partial charge in [0.15, 0.2) is 5.69 Å². The number of alkyl halides is 3. The Kier molecular flexibility index (Phi) is 4.67. The van der Waals surface area contributed by atoms with Crippen LogP contribution >= 0.6 is 0 Å². The van der Waals surface area contributed by atoms with Crippen LogP contribution in [-0.4, -0.2) is 61.6 Å². The minimum absolute atomic E-state index is 0.0544. The number of amides is 1. The molecule has 23 heavy (non-hydrogen) atoms. The first-order valence-corrected chi connectivity index (χ1v) is 7.22. The van der Waals surface area contributed by atoms with Crippen LogP contribution in [0.15, 0.2) is 6.07 Å². The zero-order valence-corrected chi connectivity index (χ0v) is 13.6. The largest absolute Gasteiger partial charge is 0.433 e. The zero-order valence-electron chi connectivity index (χ0n) is 13.6. The Hall–Kier alpha value is -2.06. The Morgan fingerprint density at radius 1 is 1.26 bits per heavy atom. The number of hydrogen-bond acceptors (Lipinski definition) is 5. The maximum Gasteiger partial charge on any atom is 0.433 e. The fraction of sp³-hybridized carbons (Fsp3) is 0.643. The minimum atomic E-state index is -4.57. The van der Waals surface area contributed by atoms with Crippen molar-refractivity contribution in [1.82, 2.24) is 14.9 Å². The molecule has 2 heterocycles. The first-order valence-electron chi connectivity index (χ1n) is 7.22. The Labute approximate surface area is 132 Å². The van der Waals surface area contributed by atoms with Gasteiger partial charge in [-0.25, -0.2) is 4.98 Å². The molecular weight excluding hydrogens is 311 g/mol. The Balaban J connectivity index is 2.45. The molecule has 128 valence electrons. The summed E-state index contributed by atoms with van der Waals surface area (Å²) >= 11 is 0. The van der Waals surface area contributed by atoms with Crippen LogP contribution in [-0.2, 0) is 11.0 Å². The quantitative estimate of drug-likeness (QED) is 0.842. The summed E-state index contributed by atoms with van der Waals surface area (Å²) in [4.78, 5) is 24.5. The second-order valence-corrected chi connectivity index (χ2v) is 5.89. The van der Waals surface area contributed by atoms with Gasteiger partial charge in [0.05, 0.1) is 0 Å². The van der Waals surface area contributed by atoms with Crippen LogP contribution < -0.4 is 9.80 Å². The topological polar surface area (TPSA) is 52.6 Å². The number of hydrogen-bond donors (Lipinski definition) is 0. The van der Waals surface area contributed by atoms with E-state index in [0.717, 1.165) is 6.07 Å². The van der Waals surface area contributed by atoms with Crippen LogP contribution in [0.4, 0.5) is 24.9 Å². The van der Waals surface area contributed by atoms with E-state index < -0.39 is 17.9 Å². The maximum absolute atomic E-state index is 13.1. The van der Waals surface area contributed by atoms with Gasteiger partial charge in [0, 0.05) is 40.8 Å². The van der Waals surface area contributed by atoms with Crippen molar-refractivity contribution in [2.45, 2.75) is 25.1 Å². The monoisotopic (exact) mass is 331 g/mol. The number of carbonyl (C=O) groups excluding carboxylic acids is 1.